The summed E-state index contributed by atoms with van der Waals surface area (Å²) in [7, 11) is 3.33. The number of nitrogens with zero attached hydrogens (tertiary/aromatic N) is 2. The van der Waals surface area contributed by atoms with Crippen LogP contribution in [0.2, 0.25) is 0 Å². The van der Waals surface area contributed by atoms with Crippen LogP contribution in [-0.2, 0) is 19.4 Å². The first kappa shape index (κ1) is 22.2. The van der Waals surface area contributed by atoms with Gasteiger partial charge in [-0.15, -0.1) is 0 Å². The molecule has 32 heavy (non-hydrogen) atoms. The minimum Gasteiger partial charge on any atom is -0.493 e. The molecule has 0 amide bonds. The van der Waals surface area contributed by atoms with E-state index in [4.69, 9.17) is 21.7 Å². The molecule has 0 saturated carbocycles. The SMILES string of the molecule is CCc1cccc(CC)c1NC(=S)N1CCn2cccc2C1c1ccc(OC)c(OC)c1. The van der Waals surface area contributed by atoms with Gasteiger partial charge in [0, 0.05) is 30.7 Å². The summed E-state index contributed by atoms with van der Waals surface area (Å²) < 4.78 is 13.3. The summed E-state index contributed by atoms with van der Waals surface area (Å²) >= 11 is 6.01. The van der Waals surface area contributed by atoms with Gasteiger partial charge in [-0.1, -0.05) is 38.1 Å². The summed E-state index contributed by atoms with van der Waals surface area (Å²) in [6.07, 6.45) is 4.06. The molecule has 168 valence electrons. The van der Waals surface area contributed by atoms with E-state index in [1.807, 2.05) is 6.07 Å². The summed E-state index contributed by atoms with van der Waals surface area (Å²) in [4.78, 5) is 2.29. The second-order valence-corrected chi connectivity index (χ2v) is 8.31. The Morgan fingerprint density at radius 2 is 1.69 bits per heavy atom. The lowest BCUT2D eigenvalue weighted by Crippen LogP contribution is -2.44. The molecule has 0 radical (unpaired) electrons. The number of para-hydroxylation sites is 1. The Hall–Kier alpha value is -2.99. The summed E-state index contributed by atoms with van der Waals surface area (Å²) in [6.45, 7) is 6.08. The van der Waals surface area contributed by atoms with Gasteiger partial charge in [-0.25, -0.2) is 0 Å². The van der Waals surface area contributed by atoms with Crippen LogP contribution in [0.25, 0.3) is 0 Å². The number of fused-ring (bicyclic) bond motifs is 1. The quantitative estimate of drug-likeness (QED) is 0.508. The lowest BCUT2D eigenvalue weighted by atomic mass is 9.99. The molecule has 6 heteroatoms. The molecule has 3 aromatic rings. The average molecular weight is 450 g/mol. The van der Waals surface area contributed by atoms with Crippen molar-refractivity contribution in [1.29, 1.82) is 0 Å². The molecule has 4 rings (SSSR count). The van der Waals surface area contributed by atoms with Crippen molar-refractivity contribution in [3.8, 4) is 11.5 Å². The van der Waals surface area contributed by atoms with Gasteiger partial charge < -0.3 is 24.3 Å². The maximum atomic E-state index is 6.01. The zero-order valence-electron chi connectivity index (χ0n) is 19.2. The van der Waals surface area contributed by atoms with Crippen LogP contribution in [0.15, 0.2) is 54.7 Å². The first-order valence-corrected chi connectivity index (χ1v) is 11.6. The number of hydrogen-bond acceptors (Lipinski definition) is 3. The van der Waals surface area contributed by atoms with Crippen molar-refractivity contribution in [2.45, 2.75) is 39.3 Å². The molecule has 1 unspecified atom stereocenters. The molecule has 1 N–H and O–H groups in total. The molecule has 0 fully saturated rings. The van der Waals surface area contributed by atoms with Gasteiger partial charge in [0.05, 0.1) is 20.3 Å². The van der Waals surface area contributed by atoms with E-state index >= 15 is 0 Å². The zero-order chi connectivity index (χ0) is 22.7. The third-order valence-corrected chi connectivity index (χ3v) is 6.59. The van der Waals surface area contributed by atoms with E-state index in [9.17, 15) is 0 Å². The highest BCUT2D eigenvalue weighted by atomic mass is 32.1. The maximum Gasteiger partial charge on any atom is 0.174 e. The van der Waals surface area contributed by atoms with Crippen molar-refractivity contribution < 1.29 is 9.47 Å². The minimum atomic E-state index is -0.0163. The second kappa shape index (κ2) is 9.65. The number of hydrogen-bond donors (Lipinski definition) is 1. The van der Waals surface area contributed by atoms with E-state index in [0.29, 0.717) is 0 Å². The number of aryl methyl sites for hydroxylation is 2. The number of rotatable bonds is 6. The molecular weight excluding hydrogens is 418 g/mol. The first-order valence-electron chi connectivity index (χ1n) is 11.2. The highest BCUT2D eigenvalue weighted by Crippen LogP contribution is 2.37. The Morgan fingerprint density at radius 1 is 0.969 bits per heavy atom. The Morgan fingerprint density at radius 3 is 2.34 bits per heavy atom. The van der Waals surface area contributed by atoms with Crippen molar-refractivity contribution in [3.05, 3.63) is 77.1 Å². The van der Waals surface area contributed by atoms with Crippen LogP contribution in [0.4, 0.5) is 5.69 Å². The van der Waals surface area contributed by atoms with Crippen molar-refractivity contribution in [3.63, 3.8) is 0 Å². The van der Waals surface area contributed by atoms with Crippen LogP contribution in [0.3, 0.4) is 0 Å². The molecule has 0 spiro atoms. The molecule has 2 aromatic carbocycles. The van der Waals surface area contributed by atoms with Crippen LogP contribution in [0, 0.1) is 0 Å². The van der Waals surface area contributed by atoms with Crippen LogP contribution < -0.4 is 14.8 Å². The van der Waals surface area contributed by atoms with Crippen molar-refractivity contribution >= 4 is 23.0 Å². The number of benzene rings is 2. The Bertz CT molecular complexity index is 1090. The van der Waals surface area contributed by atoms with Gasteiger partial charge >= 0.3 is 0 Å². The molecule has 2 heterocycles. The smallest absolute Gasteiger partial charge is 0.174 e. The van der Waals surface area contributed by atoms with E-state index < -0.39 is 0 Å². The second-order valence-electron chi connectivity index (χ2n) is 7.93. The summed E-state index contributed by atoms with van der Waals surface area (Å²) in [5.41, 5.74) is 6.05. The predicted octanol–water partition coefficient (Wildman–Crippen LogP) is 5.43. The van der Waals surface area contributed by atoms with Crippen molar-refractivity contribution in [1.82, 2.24) is 9.47 Å². The maximum absolute atomic E-state index is 6.01. The van der Waals surface area contributed by atoms with Gasteiger partial charge in [0.15, 0.2) is 16.6 Å². The first-order chi connectivity index (χ1) is 15.6. The van der Waals surface area contributed by atoms with Crippen LogP contribution >= 0.6 is 12.2 Å². The van der Waals surface area contributed by atoms with E-state index in [1.165, 1.54) is 16.8 Å². The zero-order valence-corrected chi connectivity index (χ0v) is 20.0. The van der Waals surface area contributed by atoms with Crippen LogP contribution in [0.5, 0.6) is 11.5 Å². The molecule has 5 nitrogen and oxygen atoms in total. The van der Waals surface area contributed by atoms with Gasteiger partial charge in [-0.05, 0) is 66.0 Å². The number of methoxy groups -OCH3 is 2. The fourth-order valence-electron chi connectivity index (χ4n) is 4.56. The number of ether oxygens (including phenoxy) is 2. The van der Waals surface area contributed by atoms with E-state index in [-0.39, 0.29) is 6.04 Å². The van der Waals surface area contributed by atoms with Crippen LogP contribution in [0.1, 0.15) is 42.3 Å². The molecule has 0 saturated heterocycles. The van der Waals surface area contributed by atoms with Gasteiger partial charge in [0.2, 0.25) is 0 Å². The number of anilines is 1. The fraction of sp³-hybridized carbons (Fsp3) is 0.346. The standard InChI is InChI=1S/C26H31N3O2S/c1-5-18-9-7-10-19(6-2)24(18)27-26(32)29-16-15-28-14-8-11-21(28)25(29)20-12-13-22(30-3)23(17-20)31-4/h7-14,17,25H,5-6,15-16H2,1-4H3,(H,27,32). The Balaban J connectivity index is 1.73. The van der Waals surface area contributed by atoms with E-state index in [2.05, 4.69) is 77.3 Å². The van der Waals surface area contributed by atoms with Crippen molar-refractivity contribution in [2.24, 2.45) is 0 Å². The summed E-state index contributed by atoms with van der Waals surface area (Å²) in [5.74, 6) is 1.44. The largest absolute Gasteiger partial charge is 0.493 e. The fourth-order valence-corrected chi connectivity index (χ4v) is 4.86. The third-order valence-electron chi connectivity index (χ3n) is 6.25. The molecule has 0 aliphatic carbocycles. The molecule has 1 aliphatic heterocycles. The van der Waals surface area contributed by atoms with E-state index in [0.717, 1.165) is 53.8 Å². The van der Waals surface area contributed by atoms with Gasteiger partial charge in [0.25, 0.3) is 0 Å². The minimum absolute atomic E-state index is 0.0163. The molecular formula is C26H31N3O2S. The molecule has 1 aliphatic rings. The monoisotopic (exact) mass is 449 g/mol. The third kappa shape index (κ3) is 4.07. The van der Waals surface area contributed by atoms with Gasteiger partial charge in [0.1, 0.15) is 0 Å². The highest BCUT2D eigenvalue weighted by Gasteiger charge is 2.31. The Labute approximate surface area is 196 Å². The normalized spacial score (nSPS) is 15.2. The summed E-state index contributed by atoms with van der Waals surface area (Å²) in [5, 5.41) is 4.36. The number of nitrogens with one attached hydrogen (secondary N) is 1. The Kier molecular flexibility index (Phi) is 6.70. The number of aromatic nitrogens is 1. The van der Waals surface area contributed by atoms with Gasteiger partial charge in [-0.2, -0.15) is 0 Å². The average Bonchev–Trinajstić information content (AvgIpc) is 3.32. The lowest BCUT2D eigenvalue weighted by molar-refractivity contribution is 0.291. The van der Waals surface area contributed by atoms with Crippen molar-refractivity contribution in [2.75, 3.05) is 26.1 Å². The topological polar surface area (TPSA) is 38.7 Å². The van der Waals surface area contributed by atoms with E-state index in [1.54, 1.807) is 14.2 Å². The molecule has 1 aromatic heterocycles. The number of thiocarbonyl (C=S) groups is 1. The molecule has 0 bridgehead atoms. The lowest BCUT2D eigenvalue weighted by Gasteiger charge is -2.39. The van der Waals surface area contributed by atoms with Crippen LogP contribution in [-0.4, -0.2) is 35.3 Å². The predicted molar refractivity (Wildman–Crippen MR) is 134 cm³/mol. The highest BCUT2D eigenvalue weighted by molar-refractivity contribution is 7.80. The molecule has 1 atom stereocenters. The van der Waals surface area contributed by atoms with Gasteiger partial charge in [-0.3, -0.25) is 0 Å². The summed E-state index contributed by atoms with van der Waals surface area (Å²) in [6, 6.07) is 16.9.